The van der Waals surface area contributed by atoms with Crippen LogP contribution in [0.25, 0.3) is 11.4 Å². The highest BCUT2D eigenvalue weighted by Crippen LogP contribution is 2.37. The van der Waals surface area contributed by atoms with Gasteiger partial charge in [-0.05, 0) is 32.8 Å². The molecule has 1 aliphatic heterocycles. The summed E-state index contributed by atoms with van der Waals surface area (Å²) >= 11 is 6.50. The second kappa shape index (κ2) is 4.56. The maximum absolute atomic E-state index is 6.50. The van der Waals surface area contributed by atoms with Gasteiger partial charge in [-0.25, -0.2) is 4.68 Å². The van der Waals surface area contributed by atoms with Crippen molar-refractivity contribution in [2.45, 2.75) is 39.8 Å². The van der Waals surface area contributed by atoms with Crippen molar-refractivity contribution in [3.63, 3.8) is 0 Å². The van der Waals surface area contributed by atoms with E-state index in [1.165, 1.54) is 0 Å². The smallest absolute Gasteiger partial charge is 0.143 e. The first kappa shape index (κ1) is 12.5. The molecule has 0 spiro atoms. The lowest BCUT2D eigenvalue weighted by Crippen LogP contribution is -2.17. The zero-order valence-electron chi connectivity index (χ0n) is 11.4. The largest absolute Gasteiger partial charge is 0.369 e. The third kappa shape index (κ3) is 1.92. The van der Waals surface area contributed by atoms with Crippen LogP contribution in [0, 0.1) is 6.92 Å². The molecule has 19 heavy (non-hydrogen) atoms. The first-order valence-electron chi connectivity index (χ1n) is 6.64. The van der Waals surface area contributed by atoms with Crippen molar-refractivity contribution in [2.24, 2.45) is 0 Å². The van der Waals surface area contributed by atoms with Gasteiger partial charge in [0.15, 0.2) is 0 Å². The SMILES string of the molecule is Cc1cnn(C(C)C)c1-c1nn2c(c1Cl)NCCC2. The van der Waals surface area contributed by atoms with E-state index >= 15 is 0 Å². The number of nitrogens with zero attached hydrogens (tertiary/aromatic N) is 4. The van der Waals surface area contributed by atoms with Crippen LogP contribution in [0.5, 0.6) is 0 Å². The predicted octanol–water partition coefficient (Wildman–Crippen LogP) is 3.10. The molecule has 0 saturated carbocycles. The van der Waals surface area contributed by atoms with Crippen LogP contribution in [0.3, 0.4) is 0 Å². The number of rotatable bonds is 2. The summed E-state index contributed by atoms with van der Waals surface area (Å²) in [6, 6.07) is 0.284. The zero-order valence-corrected chi connectivity index (χ0v) is 12.2. The van der Waals surface area contributed by atoms with E-state index in [-0.39, 0.29) is 6.04 Å². The van der Waals surface area contributed by atoms with Gasteiger partial charge in [-0.2, -0.15) is 10.2 Å². The number of fused-ring (bicyclic) bond motifs is 1. The van der Waals surface area contributed by atoms with Gasteiger partial charge in [0.25, 0.3) is 0 Å². The topological polar surface area (TPSA) is 47.7 Å². The molecule has 0 aliphatic carbocycles. The Morgan fingerprint density at radius 1 is 1.42 bits per heavy atom. The van der Waals surface area contributed by atoms with Crippen molar-refractivity contribution in [3.8, 4) is 11.4 Å². The predicted molar refractivity (Wildman–Crippen MR) is 76.7 cm³/mol. The fourth-order valence-electron chi connectivity index (χ4n) is 2.49. The van der Waals surface area contributed by atoms with Crippen molar-refractivity contribution in [3.05, 3.63) is 16.8 Å². The fraction of sp³-hybridized carbons (Fsp3) is 0.538. The highest BCUT2D eigenvalue weighted by atomic mass is 35.5. The number of hydrogen-bond acceptors (Lipinski definition) is 3. The van der Waals surface area contributed by atoms with E-state index in [0.717, 1.165) is 42.3 Å². The Morgan fingerprint density at radius 3 is 2.89 bits per heavy atom. The number of anilines is 1. The standard InChI is InChI=1S/C13H18ClN5/c1-8(2)19-12(9(3)7-16-19)11-10(14)13-15-5-4-6-18(13)17-11/h7-8,15H,4-6H2,1-3H3. The second-order valence-corrected chi connectivity index (χ2v) is 5.61. The normalized spacial score (nSPS) is 14.6. The highest BCUT2D eigenvalue weighted by Gasteiger charge is 2.24. The quantitative estimate of drug-likeness (QED) is 0.919. The molecule has 0 fully saturated rings. The first-order chi connectivity index (χ1) is 9.09. The van der Waals surface area contributed by atoms with Crippen molar-refractivity contribution in [2.75, 3.05) is 11.9 Å². The molecule has 0 bridgehead atoms. The van der Waals surface area contributed by atoms with Gasteiger partial charge >= 0.3 is 0 Å². The number of halogens is 1. The molecular formula is C13H18ClN5. The zero-order chi connectivity index (χ0) is 13.6. The van der Waals surface area contributed by atoms with Crippen LogP contribution in [0.1, 0.15) is 31.9 Å². The van der Waals surface area contributed by atoms with Gasteiger partial charge < -0.3 is 5.32 Å². The van der Waals surface area contributed by atoms with E-state index in [1.807, 2.05) is 22.5 Å². The van der Waals surface area contributed by atoms with Crippen LogP contribution < -0.4 is 5.32 Å². The first-order valence-corrected chi connectivity index (χ1v) is 7.02. The number of nitrogens with one attached hydrogen (secondary N) is 1. The van der Waals surface area contributed by atoms with Crippen LogP contribution >= 0.6 is 11.6 Å². The van der Waals surface area contributed by atoms with E-state index in [4.69, 9.17) is 11.6 Å². The molecule has 3 heterocycles. The summed E-state index contributed by atoms with van der Waals surface area (Å²) in [5.74, 6) is 0.929. The summed E-state index contributed by atoms with van der Waals surface area (Å²) < 4.78 is 3.94. The molecule has 1 N–H and O–H groups in total. The third-order valence-corrected chi connectivity index (χ3v) is 3.78. The van der Waals surface area contributed by atoms with Gasteiger partial charge in [0.1, 0.15) is 16.5 Å². The minimum Gasteiger partial charge on any atom is -0.369 e. The molecule has 0 atom stereocenters. The fourth-order valence-corrected chi connectivity index (χ4v) is 2.78. The summed E-state index contributed by atoms with van der Waals surface area (Å²) in [6.45, 7) is 8.13. The van der Waals surface area contributed by atoms with E-state index in [2.05, 4.69) is 29.4 Å². The van der Waals surface area contributed by atoms with Gasteiger partial charge in [-0.3, -0.25) is 4.68 Å². The minimum absolute atomic E-state index is 0.284. The molecule has 1 aliphatic rings. The lowest BCUT2D eigenvalue weighted by molar-refractivity contribution is 0.534. The summed E-state index contributed by atoms with van der Waals surface area (Å²) in [6.07, 6.45) is 2.95. The van der Waals surface area contributed by atoms with Gasteiger partial charge in [-0.1, -0.05) is 11.6 Å². The van der Waals surface area contributed by atoms with Crippen molar-refractivity contribution in [1.29, 1.82) is 0 Å². The van der Waals surface area contributed by atoms with Gasteiger partial charge in [0.05, 0.1) is 11.9 Å². The lowest BCUT2D eigenvalue weighted by atomic mass is 10.2. The molecule has 0 radical (unpaired) electrons. The summed E-state index contributed by atoms with van der Waals surface area (Å²) in [5, 5.41) is 13.1. The van der Waals surface area contributed by atoms with Gasteiger partial charge in [0, 0.05) is 19.1 Å². The molecule has 3 rings (SSSR count). The summed E-state index contributed by atoms with van der Waals surface area (Å²) in [7, 11) is 0. The van der Waals surface area contributed by atoms with E-state index in [9.17, 15) is 0 Å². The van der Waals surface area contributed by atoms with Crippen molar-refractivity contribution in [1.82, 2.24) is 19.6 Å². The minimum atomic E-state index is 0.284. The molecule has 0 aromatic carbocycles. The molecule has 2 aromatic heterocycles. The molecule has 0 unspecified atom stereocenters. The number of aryl methyl sites for hydroxylation is 2. The van der Waals surface area contributed by atoms with Crippen LogP contribution in [0.15, 0.2) is 6.20 Å². The Kier molecular flexibility index (Phi) is 3.01. The monoisotopic (exact) mass is 279 g/mol. The van der Waals surface area contributed by atoms with Gasteiger partial charge in [0.2, 0.25) is 0 Å². The Labute approximate surface area is 117 Å². The molecule has 2 aromatic rings. The van der Waals surface area contributed by atoms with Gasteiger partial charge in [-0.15, -0.1) is 0 Å². The van der Waals surface area contributed by atoms with Crippen LogP contribution in [0.2, 0.25) is 5.02 Å². The third-order valence-electron chi connectivity index (χ3n) is 3.43. The van der Waals surface area contributed by atoms with Crippen molar-refractivity contribution >= 4 is 17.4 Å². The molecule has 0 saturated heterocycles. The number of hydrogen-bond donors (Lipinski definition) is 1. The number of aromatic nitrogens is 4. The molecule has 5 nitrogen and oxygen atoms in total. The summed E-state index contributed by atoms with van der Waals surface area (Å²) in [4.78, 5) is 0. The van der Waals surface area contributed by atoms with E-state index < -0.39 is 0 Å². The van der Waals surface area contributed by atoms with Crippen LogP contribution in [0.4, 0.5) is 5.82 Å². The average Bonchev–Trinajstić information content (AvgIpc) is 2.91. The van der Waals surface area contributed by atoms with Crippen LogP contribution in [-0.4, -0.2) is 26.1 Å². The molecule has 102 valence electrons. The average molecular weight is 280 g/mol. The Balaban J connectivity index is 2.17. The Morgan fingerprint density at radius 2 is 2.21 bits per heavy atom. The highest BCUT2D eigenvalue weighted by molar-refractivity contribution is 6.35. The maximum atomic E-state index is 6.50. The van der Waals surface area contributed by atoms with Crippen LogP contribution in [-0.2, 0) is 6.54 Å². The Hall–Kier alpha value is -1.49. The molecule has 6 heteroatoms. The van der Waals surface area contributed by atoms with E-state index in [0.29, 0.717) is 5.02 Å². The van der Waals surface area contributed by atoms with Crippen molar-refractivity contribution < 1.29 is 0 Å². The second-order valence-electron chi connectivity index (χ2n) is 5.23. The lowest BCUT2D eigenvalue weighted by Gasteiger charge is -2.15. The molecular weight excluding hydrogens is 262 g/mol. The Bertz CT molecular complexity index is 611. The van der Waals surface area contributed by atoms with E-state index in [1.54, 1.807) is 0 Å². The maximum Gasteiger partial charge on any atom is 0.143 e. The summed E-state index contributed by atoms with van der Waals surface area (Å²) in [5.41, 5.74) is 2.95. The molecule has 0 amide bonds.